The standard InChI is InChI=1S/C18H23ClN6O/c19-16-8-4-1-5-13(16)10-20-18(26)17-9-15(25-12-21-22-23-25)11-24(17)14-6-2-3-7-14/h1,4-5,8,12,14-15,17H,2-3,6-7,9-11H2,(H,20,26)/t15-,17-/m0/s1. The Hall–Kier alpha value is -1.99. The molecule has 2 aromatic rings. The van der Waals surface area contributed by atoms with Crippen molar-refractivity contribution in [3.63, 3.8) is 0 Å². The van der Waals surface area contributed by atoms with Gasteiger partial charge in [-0.3, -0.25) is 9.69 Å². The fourth-order valence-electron chi connectivity index (χ4n) is 4.20. The van der Waals surface area contributed by atoms with E-state index in [1.54, 1.807) is 11.0 Å². The number of carbonyl (C=O) groups excluding carboxylic acids is 1. The average molecular weight is 375 g/mol. The predicted molar refractivity (Wildman–Crippen MR) is 97.5 cm³/mol. The van der Waals surface area contributed by atoms with Gasteiger partial charge in [0.05, 0.1) is 12.1 Å². The number of nitrogens with zero attached hydrogens (tertiary/aromatic N) is 5. The van der Waals surface area contributed by atoms with Crippen molar-refractivity contribution in [2.75, 3.05) is 6.54 Å². The number of hydrogen-bond acceptors (Lipinski definition) is 5. The van der Waals surface area contributed by atoms with Gasteiger partial charge < -0.3 is 5.32 Å². The molecule has 1 aliphatic heterocycles. The zero-order valence-electron chi connectivity index (χ0n) is 14.6. The molecule has 1 N–H and O–H groups in total. The number of likely N-dealkylation sites (tertiary alicyclic amines) is 1. The minimum absolute atomic E-state index is 0.0624. The summed E-state index contributed by atoms with van der Waals surface area (Å²) in [4.78, 5) is 15.3. The van der Waals surface area contributed by atoms with Crippen LogP contribution in [0.1, 0.15) is 43.7 Å². The fourth-order valence-corrected chi connectivity index (χ4v) is 4.41. The van der Waals surface area contributed by atoms with E-state index < -0.39 is 0 Å². The van der Waals surface area contributed by atoms with E-state index in [4.69, 9.17) is 11.6 Å². The van der Waals surface area contributed by atoms with E-state index in [1.165, 1.54) is 12.8 Å². The lowest BCUT2D eigenvalue weighted by Gasteiger charge is -2.29. The first kappa shape index (κ1) is 17.4. The fraction of sp³-hybridized carbons (Fsp3) is 0.556. The summed E-state index contributed by atoms with van der Waals surface area (Å²) in [6.45, 7) is 1.27. The van der Waals surface area contributed by atoms with Crippen LogP contribution in [0.3, 0.4) is 0 Å². The molecule has 1 saturated carbocycles. The summed E-state index contributed by atoms with van der Waals surface area (Å²) in [5.74, 6) is 0.0624. The predicted octanol–water partition coefficient (Wildman–Crippen LogP) is 2.20. The summed E-state index contributed by atoms with van der Waals surface area (Å²) in [7, 11) is 0. The third-order valence-electron chi connectivity index (χ3n) is 5.56. The van der Waals surface area contributed by atoms with Crippen molar-refractivity contribution >= 4 is 17.5 Å². The highest BCUT2D eigenvalue weighted by Gasteiger charge is 2.42. The molecule has 0 radical (unpaired) electrons. The van der Waals surface area contributed by atoms with Crippen molar-refractivity contribution < 1.29 is 4.79 Å². The first-order valence-corrected chi connectivity index (χ1v) is 9.59. The molecule has 2 fully saturated rings. The van der Waals surface area contributed by atoms with Crippen molar-refractivity contribution in [3.8, 4) is 0 Å². The number of rotatable bonds is 5. The molecule has 1 amide bonds. The van der Waals surface area contributed by atoms with Crippen LogP contribution in [0.2, 0.25) is 5.02 Å². The Bertz CT molecular complexity index is 746. The maximum Gasteiger partial charge on any atom is 0.237 e. The summed E-state index contributed by atoms with van der Waals surface area (Å²) in [5, 5.41) is 15.3. The first-order chi connectivity index (χ1) is 12.7. The molecular weight excluding hydrogens is 352 g/mol. The Morgan fingerprint density at radius 3 is 2.77 bits per heavy atom. The number of nitrogens with one attached hydrogen (secondary N) is 1. The van der Waals surface area contributed by atoms with Gasteiger partial charge in [-0.1, -0.05) is 42.6 Å². The van der Waals surface area contributed by atoms with Gasteiger partial charge in [0.1, 0.15) is 6.33 Å². The van der Waals surface area contributed by atoms with Crippen molar-refractivity contribution in [1.82, 2.24) is 30.4 Å². The van der Waals surface area contributed by atoms with E-state index in [9.17, 15) is 4.79 Å². The third-order valence-corrected chi connectivity index (χ3v) is 5.93. The molecule has 2 atom stereocenters. The zero-order valence-corrected chi connectivity index (χ0v) is 15.3. The molecule has 1 aromatic heterocycles. The lowest BCUT2D eigenvalue weighted by molar-refractivity contribution is -0.126. The molecular formula is C18H23ClN6O. The van der Waals surface area contributed by atoms with Gasteiger partial charge in [0.15, 0.2) is 0 Å². The maximum absolute atomic E-state index is 13.0. The van der Waals surface area contributed by atoms with Crippen molar-refractivity contribution in [2.24, 2.45) is 0 Å². The van der Waals surface area contributed by atoms with Crippen LogP contribution in [-0.2, 0) is 11.3 Å². The highest BCUT2D eigenvalue weighted by molar-refractivity contribution is 6.31. The number of halogens is 1. The normalized spacial score (nSPS) is 24.2. The van der Waals surface area contributed by atoms with Crippen LogP contribution in [0.5, 0.6) is 0 Å². The molecule has 1 aromatic carbocycles. The Balaban J connectivity index is 1.46. The van der Waals surface area contributed by atoms with Gasteiger partial charge >= 0.3 is 0 Å². The van der Waals surface area contributed by atoms with Crippen LogP contribution < -0.4 is 5.32 Å². The van der Waals surface area contributed by atoms with Crippen LogP contribution in [0.4, 0.5) is 0 Å². The summed E-state index contributed by atoms with van der Waals surface area (Å²) in [5.41, 5.74) is 0.935. The van der Waals surface area contributed by atoms with E-state index >= 15 is 0 Å². The van der Waals surface area contributed by atoms with Crippen molar-refractivity contribution in [2.45, 2.75) is 56.8 Å². The number of carbonyl (C=O) groups is 1. The molecule has 1 saturated heterocycles. The van der Waals surface area contributed by atoms with Crippen molar-refractivity contribution in [3.05, 3.63) is 41.2 Å². The van der Waals surface area contributed by atoms with Gasteiger partial charge in [0.25, 0.3) is 0 Å². The van der Waals surface area contributed by atoms with E-state index in [-0.39, 0.29) is 18.0 Å². The zero-order chi connectivity index (χ0) is 17.9. The number of tetrazole rings is 1. The lowest BCUT2D eigenvalue weighted by Crippen LogP contribution is -2.46. The van der Waals surface area contributed by atoms with Gasteiger partial charge in [-0.15, -0.1) is 5.10 Å². The van der Waals surface area contributed by atoms with Crippen molar-refractivity contribution in [1.29, 1.82) is 0 Å². The molecule has 8 heteroatoms. The first-order valence-electron chi connectivity index (χ1n) is 9.21. The Morgan fingerprint density at radius 1 is 1.23 bits per heavy atom. The monoisotopic (exact) mass is 374 g/mol. The molecule has 26 heavy (non-hydrogen) atoms. The van der Waals surface area contributed by atoms with Crippen LogP contribution in [0.15, 0.2) is 30.6 Å². The molecule has 0 spiro atoms. The minimum atomic E-state index is -0.144. The van der Waals surface area contributed by atoms with Gasteiger partial charge in [-0.25, -0.2) is 4.68 Å². The van der Waals surface area contributed by atoms with Crippen LogP contribution in [0, 0.1) is 0 Å². The van der Waals surface area contributed by atoms with Gasteiger partial charge in [-0.05, 0) is 41.3 Å². The Labute approximate surface area is 157 Å². The number of aromatic nitrogens is 4. The molecule has 0 bridgehead atoms. The topological polar surface area (TPSA) is 75.9 Å². The molecule has 0 unspecified atom stereocenters. The average Bonchev–Trinajstić information content (AvgIpc) is 3.41. The quantitative estimate of drug-likeness (QED) is 0.868. The lowest BCUT2D eigenvalue weighted by atomic mass is 10.1. The smallest absolute Gasteiger partial charge is 0.237 e. The minimum Gasteiger partial charge on any atom is -0.351 e. The number of benzene rings is 1. The molecule has 7 nitrogen and oxygen atoms in total. The summed E-state index contributed by atoms with van der Waals surface area (Å²) in [6.07, 6.45) is 7.18. The van der Waals surface area contributed by atoms with E-state index in [0.29, 0.717) is 17.6 Å². The second-order valence-corrected chi connectivity index (χ2v) is 7.55. The Kier molecular flexibility index (Phi) is 5.17. The maximum atomic E-state index is 13.0. The highest BCUT2D eigenvalue weighted by atomic mass is 35.5. The summed E-state index contributed by atoms with van der Waals surface area (Å²) >= 11 is 6.20. The van der Waals surface area contributed by atoms with Gasteiger partial charge in [0, 0.05) is 24.2 Å². The molecule has 4 rings (SSSR count). The van der Waals surface area contributed by atoms with Gasteiger partial charge in [-0.2, -0.15) is 0 Å². The molecule has 2 aliphatic rings. The second-order valence-electron chi connectivity index (χ2n) is 7.14. The summed E-state index contributed by atoms with van der Waals surface area (Å²) in [6, 6.07) is 8.08. The summed E-state index contributed by atoms with van der Waals surface area (Å²) < 4.78 is 1.78. The van der Waals surface area contributed by atoms with Crippen LogP contribution >= 0.6 is 11.6 Å². The second kappa shape index (κ2) is 7.72. The Morgan fingerprint density at radius 2 is 2.04 bits per heavy atom. The number of amides is 1. The van der Waals surface area contributed by atoms with Crippen LogP contribution in [-0.4, -0.2) is 49.6 Å². The number of hydrogen-bond donors (Lipinski definition) is 1. The van der Waals surface area contributed by atoms with Gasteiger partial charge in [0.2, 0.25) is 5.91 Å². The molecule has 138 valence electrons. The highest BCUT2D eigenvalue weighted by Crippen LogP contribution is 2.34. The van der Waals surface area contributed by atoms with E-state index in [0.717, 1.165) is 31.4 Å². The van der Waals surface area contributed by atoms with Crippen LogP contribution in [0.25, 0.3) is 0 Å². The molecule has 2 heterocycles. The van der Waals surface area contributed by atoms with E-state index in [1.807, 2.05) is 24.3 Å². The van der Waals surface area contributed by atoms with E-state index in [2.05, 4.69) is 25.7 Å². The largest absolute Gasteiger partial charge is 0.351 e. The third kappa shape index (κ3) is 3.59. The molecule has 1 aliphatic carbocycles. The SMILES string of the molecule is O=C(NCc1ccccc1Cl)[C@@H]1C[C@H](n2cnnn2)CN1C1CCCC1.